The van der Waals surface area contributed by atoms with Gasteiger partial charge in [-0.2, -0.15) is 0 Å². The Morgan fingerprint density at radius 1 is 0.364 bits per heavy atom. The second kappa shape index (κ2) is 12.6. The largest absolute Gasteiger partial charge is 0.456 e. The molecule has 0 aliphatic rings. The number of furan rings is 1. The SMILES string of the molecule is c1ccc(-c2ccc(N(c3ccc(-n4c5ccccc5c5cc6ccccc6cc54)cc3)c3cccc(-c4cccc5oc6ccccc6c45)c3)cc2)cc1. The molecule has 0 amide bonds. The van der Waals surface area contributed by atoms with Crippen LogP contribution in [0.15, 0.2) is 211 Å². The number of nitrogens with zero attached hydrogens (tertiary/aromatic N) is 2. The van der Waals surface area contributed by atoms with Gasteiger partial charge in [-0.25, -0.2) is 0 Å². The third-order valence-corrected chi connectivity index (χ3v) is 11.0. The van der Waals surface area contributed by atoms with E-state index in [9.17, 15) is 0 Å². The zero-order valence-corrected chi connectivity index (χ0v) is 29.9. The summed E-state index contributed by atoms with van der Waals surface area (Å²) in [4.78, 5) is 2.36. The average molecular weight is 703 g/mol. The van der Waals surface area contributed by atoms with Crippen molar-refractivity contribution in [3.05, 3.63) is 206 Å². The molecule has 2 aromatic heterocycles. The van der Waals surface area contributed by atoms with E-state index in [-0.39, 0.29) is 0 Å². The zero-order valence-electron chi connectivity index (χ0n) is 29.9. The molecule has 11 rings (SSSR count). The summed E-state index contributed by atoms with van der Waals surface area (Å²) in [5.74, 6) is 0. The molecule has 0 bridgehead atoms. The van der Waals surface area contributed by atoms with Crippen LogP contribution >= 0.6 is 0 Å². The van der Waals surface area contributed by atoms with Gasteiger partial charge in [-0.3, -0.25) is 0 Å². The maximum absolute atomic E-state index is 6.28. The van der Waals surface area contributed by atoms with Crippen LogP contribution in [0.1, 0.15) is 0 Å². The van der Waals surface area contributed by atoms with Gasteiger partial charge in [-0.05, 0) is 112 Å². The molecule has 0 unspecified atom stereocenters. The lowest BCUT2D eigenvalue weighted by molar-refractivity contribution is 0.669. The molecule has 9 aromatic carbocycles. The molecule has 0 spiro atoms. The summed E-state index contributed by atoms with van der Waals surface area (Å²) < 4.78 is 8.68. The number of hydrogen-bond acceptors (Lipinski definition) is 2. The molecule has 55 heavy (non-hydrogen) atoms. The van der Waals surface area contributed by atoms with Crippen LogP contribution in [0.4, 0.5) is 17.1 Å². The molecular formula is C52H34N2O. The minimum Gasteiger partial charge on any atom is -0.456 e. The number of aromatic nitrogens is 1. The minimum absolute atomic E-state index is 0.895. The maximum Gasteiger partial charge on any atom is 0.136 e. The zero-order chi connectivity index (χ0) is 36.3. The van der Waals surface area contributed by atoms with Gasteiger partial charge in [0.1, 0.15) is 11.2 Å². The van der Waals surface area contributed by atoms with Gasteiger partial charge in [0.15, 0.2) is 0 Å². The first-order valence-corrected chi connectivity index (χ1v) is 18.8. The Labute approximate surface area is 318 Å². The molecule has 0 saturated heterocycles. The van der Waals surface area contributed by atoms with Crippen LogP contribution in [0.3, 0.4) is 0 Å². The average Bonchev–Trinajstić information content (AvgIpc) is 3.79. The standard InChI is InChI=1S/C52H34N2O/c1-2-12-35(13-3-1)36-24-26-40(27-25-36)53(43-17-10-16-39(32-43)44-20-11-23-51-52(44)46-19-7-9-22-50(46)55-51)41-28-30-42(31-29-41)54-48-21-8-6-18-45(48)47-33-37-14-4-5-15-38(37)34-49(47)54/h1-34H. The first-order chi connectivity index (χ1) is 27.3. The van der Waals surface area contributed by atoms with E-state index in [1.807, 2.05) is 12.1 Å². The highest BCUT2D eigenvalue weighted by molar-refractivity contribution is 6.14. The van der Waals surface area contributed by atoms with Crippen molar-refractivity contribution in [2.75, 3.05) is 4.90 Å². The van der Waals surface area contributed by atoms with Gasteiger partial charge in [0.2, 0.25) is 0 Å². The fourth-order valence-electron chi connectivity index (χ4n) is 8.39. The van der Waals surface area contributed by atoms with Crippen LogP contribution in [0, 0.1) is 0 Å². The number of anilines is 3. The molecule has 3 nitrogen and oxygen atoms in total. The smallest absolute Gasteiger partial charge is 0.136 e. The molecule has 258 valence electrons. The Bertz CT molecular complexity index is 3190. The summed E-state index contributed by atoms with van der Waals surface area (Å²) in [6, 6.07) is 74.0. The van der Waals surface area contributed by atoms with Crippen molar-refractivity contribution in [2.24, 2.45) is 0 Å². The number of rotatable bonds is 6. The highest BCUT2D eigenvalue weighted by Crippen LogP contribution is 2.42. The van der Waals surface area contributed by atoms with Gasteiger partial charge in [0.05, 0.1) is 11.0 Å². The second-order valence-electron chi connectivity index (χ2n) is 14.2. The Hall–Kier alpha value is -7.36. The van der Waals surface area contributed by atoms with E-state index in [4.69, 9.17) is 4.42 Å². The van der Waals surface area contributed by atoms with E-state index in [1.54, 1.807) is 0 Å². The van der Waals surface area contributed by atoms with Crippen LogP contribution in [0.2, 0.25) is 0 Å². The van der Waals surface area contributed by atoms with Crippen molar-refractivity contribution in [1.82, 2.24) is 4.57 Å². The van der Waals surface area contributed by atoms with Crippen LogP contribution in [0.25, 0.3) is 82.5 Å². The molecule has 0 aliphatic carbocycles. The van der Waals surface area contributed by atoms with Crippen LogP contribution in [0.5, 0.6) is 0 Å². The molecule has 3 heteroatoms. The predicted molar refractivity (Wildman–Crippen MR) is 231 cm³/mol. The molecule has 0 atom stereocenters. The molecule has 0 radical (unpaired) electrons. The third-order valence-electron chi connectivity index (χ3n) is 11.0. The first kappa shape index (κ1) is 31.2. The maximum atomic E-state index is 6.28. The lowest BCUT2D eigenvalue weighted by atomic mass is 9.98. The summed E-state index contributed by atoms with van der Waals surface area (Å²) in [5.41, 5.74) is 13.2. The van der Waals surface area contributed by atoms with Crippen LogP contribution < -0.4 is 4.90 Å². The summed E-state index contributed by atoms with van der Waals surface area (Å²) in [5, 5.41) is 7.26. The fraction of sp³-hybridized carbons (Fsp3) is 0. The normalized spacial score (nSPS) is 11.6. The van der Waals surface area contributed by atoms with Gasteiger partial charge in [-0.1, -0.05) is 127 Å². The lowest BCUT2D eigenvalue weighted by Gasteiger charge is -2.26. The number of hydrogen-bond donors (Lipinski definition) is 0. The molecule has 0 aliphatic heterocycles. The van der Waals surface area contributed by atoms with Crippen molar-refractivity contribution in [2.45, 2.75) is 0 Å². The van der Waals surface area contributed by atoms with Gasteiger partial charge in [0, 0.05) is 44.3 Å². The highest BCUT2D eigenvalue weighted by Gasteiger charge is 2.18. The van der Waals surface area contributed by atoms with Gasteiger partial charge in [0.25, 0.3) is 0 Å². The molecule has 11 aromatic rings. The molecule has 2 heterocycles. The molecular weight excluding hydrogens is 669 g/mol. The topological polar surface area (TPSA) is 21.3 Å². The lowest BCUT2D eigenvalue weighted by Crippen LogP contribution is -2.10. The summed E-state index contributed by atoms with van der Waals surface area (Å²) in [6.07, 6.45) is 0. The van der Waals surface area contributed by atoms with Crippen LogP contribution in [-0.2, 0) is 0 Å². The fourth-order valence-corrected chi connectivity index (χ4v) is 8.39. The molecule has 0 saturated carbocycles. The number of para-hydroxylation sites is 2. The Morgan fingerprint density at radius 3 is 1.80 bits per heavy atom. The quantitative estimate of drug-likeness (QED) is 0.172. The van der Waals surface area contributed by atoms with E-state index >= 15 is 0 Å². The van der Waals surface area contributed by atoms with Crippen molar-refractivity contribution in [1.29, 1.82) is 0 Å². The van der Waals surface area contributed by atoms with E-state index in [0.29, 0.717) is 0 Å². The van der Waals surface area contributed by atoms with Gasteiger partial charge < -0.3 is 13.9 Å². The van der Waals surface area contributed by atoms with E-state index in [1.165, 1.54) is 43.7 Å². The first-order valence-electron chi connectivity index (χ1n) is 18.8. The Kier molecular flexibility index (Phi) is 7.17. The Balaban J connectivity index is 1.06. The van der Waals surface area contributed by atoms with E-state index < -0.39 is 0 Å². The van der Waals surface area contributed by atoms with Crippen molar-refractivity contribution in [3.8, 4) is 27.9 Å². The van der Waals surface area contributed by atoms with Crippen molar-refractivity contribution >= 4 is 71.6 Å². The number of fused-ring (bicyclic) bond motifs is 7. The summed E-state index contributed by atoms with van der Waals surface area (Å²) in [6.45, 7) is 0. The van der Waals surface area contributed by atoms with Gasteiger partial charge in [-0.15, -0.1) is 0 Å². The summed E-state index contributed by atoms with van der Waals surface area (Å²) in [7, 11) is 0. The third kappa shape index (κ3) is 5.20. The minimum atomic E-state index is 0.895. The van der Waals surface area contributed by atoms with E-state index in [0.717, 1.165) is 55.8 Å². The van der Waals surface area contributed by atoms with Crippen molar-refractivity contribution < 1.29 is 4.42 Å². The monoisotopic (exact) mass is 702 g/mol. The van der Waals surface area contributed by atoms with E-state index in [2.05, 4.69) is 204 Å². The summed E-state index contributed by atoms with van der Waals surface area (Å²) >= 11 is 0. The molecule has 0 N–H and O–H groups in total. The molecule has 0 fully saturated rings. The van der Waals surface area contributed by atoms with Crippen LogP contribution in [-0.4, -0.2) is 4.57 Å². The van der Waals surface area contributed by atoms with Crippen molar-refractivity contribution in [3.63, 3.8) is 0 Å². The second-order valence-corrected chi connectivity index (χ2v) is 14.2. The van der Waals surface area contributed by atoms with Gasteiger partial charge >= 0.3 is 0 Å². The number of benzene rings is 9. The predicted octanol–water partition coefficient (Wildman–Crippen LogP) is 14.6. The Morgan fingerprint density at radius 2 is 0.982 bits per heavy atom. The highest BCUT2D eigenvalue weighted by atomic mass is 16.3.